The van der Waals surface area contributed by atoms with Crippen molar-refractivity contribution in [3.05, 3.63) is 46.8 Å². The molecule has 0 fully saturated rings. The van der Waals surface area contributed by atoms with Crippen LogP contribution in [0.2, 0.25) is 0 Å². The fourth-order valence-electron chi connectivity index (χ4n) is 2.36. The predicted octanol–water partition coefficient (Wildman–Crippen LogP) is 2.78. The summed E-state index contributed by atoms with van der Waals surface area (Å²) in [6, 6.07) is 9.52. The maximum atomic E-state index is 11.6. The van der Waals surface area contributed by atoms with Crippen LogP contribution in [0.25, 0.3) is 21.5 Å². The molecule has 0 bridgehead atoms. The molecule has 0 unspecified atom stereocenters. The van der Waals surface area contributed by atoms with Crippen LogP contribution in [-0.4, -0.2) is 16.8 Å². The quantitative estimate of drug-likeness (QED) is 0.667. The summed E-state index contributed by atoms with van der Waals surface area (Å²) in [5, 5.41) is 5.25. The van der Waals surface area contributed by atoms with Crippen molar-refractivity contribution in [3.8, 4) is 10.6 Å². The molecule has 2 N–H and O–H groups in total. The first-order valence-corrected chi connectivity index (χ1v) is 6.67. The second-order valence-electron chi connectivity index (χ2n) is 4.43. The SMILES string of the molecule is O=C1NC(=O)c2cc3[nH]c(-c4cccs4)cc3cc21. The van der Waals surface area contributed by atoms with E-state index in [1.807, 2.05) is 23.6 Å². The van der Waals surface area contributed by atoms with E-state index >= 15 is 0 Å². The Hall–Kier alpha value is -2.40. The minimum absolute atomic E-state index is 0.319. The number of fused-ring (bicyclic) bond motifs is 2. The molecule has 0 radical (unpaired) electrons. The Bertz CT molecular complexity index is 780. The van der Waals surface area contributed by atoms with Gasteiger partial charge in [0.05, 0.1) is 21.7 Å². The first-order valence-electron chi connectivity index (χ1n) is 5.79. The Kier molecular flexibility index (Phi) is 1.97. The van der Waals surface area contributed by atoms with Crippen molar-refractivity contribution in [3.63, 3.8) is 0 Å². The fraction of sp³-hybridized carbons (Fsp3) is 0. The standard InChI is InChI=1S/C14H8N2O2S/c17-13-8-4-7-5-11(12-2-1-3-19-12)15-10(7)6-9(8)14(18)16-13/h1-6,15H,(H,16,17,18). The van der Waals surface area contributed by atoms with Crippen LogP contribution in [0.3, 0.4) is 0 Å². The van der Waals surface area contributed by atoms with Crippen molar-refractivity contribution < 1.29 is 9.59 Å². The first kappa shape index (κ1) is 10.5. The lowest BCUT2D eigenvalue weighted by atomic mass is 10.1. The summed E-state index contributed by atoms with van der Waals surface area (Å²) in [5.74, 6) is -0.644. The van der Waals surface area contributed by atoms with E-state index in [0.717, 1.165) is 21.5 Å². The van der Waals surface area contributed by atoms with Crippen LogP contribution in [0, 0.1) is 0 Å². The number of nitrogens with one attached hydrogen (secondary N) is 2. The van der Waals surface area contributed by atoms with Crippen LogP contribution >= 0.6 is 11.3 Å². The van der Waals surface area contributed by atoms with E-state index in [0.29, 0.717) is 11.1 Å². The summed E-state index contributed by atoms with van der Waals surface area (Å²) in [4.78, 5) is 27.6. The lowest BCUT2D eigenvalue weighted by molar-refractivity contribution is 0.0879. The molecule has 0 saturated carbocycles. The average Bonchev–Trinajstić information content (AvgIpc) is 3.08. The number of H-pyrrole nitrogens is 1. The molecule has 3 aromatic rings. The summed E-state index contributed by atoms with van der Waals surface area (Å²) < 4.78 is 0. The van der Waals surface area contributed by atoms with Crippen LogP contribution in [-0.2, 0) is 0 Å². The van der Waals surface area contributed by atoms with Crippen molar-refractivity contribution in [1.29, 1.82) is 0 Å². The number of imide groups is 1. The van der Waals surface area contributed by atoms with Gasteiger partial charge < -0.3 is 4.98 Å². The van der Waals surface area contributed by atoms with E-state index < -0.39 is 0 Å². The van der Waals surface area contributed by atoms with Gasteiger partial charge in [0.25, 0.3) is 11.8 Å². The van der Waals surface area contributed by atoms with Gasteiger partial charge in [0.2, 0.25) is 0 Å². The van der Waals surface area contributed by atoms with E-state index in [1.165, 1.54) is 0 Å². The van der Waals surface area contributed by atoms with Gasteiger partial charge in [0.15, 0.2) is 0 Å². The molecule has 3 heterocycles. The largest absolute Gasteiger partial charge is 0.354 e. The smallest absolute Gasteiger partial charge is 0.259 e. The van der Waals surface area contributed by atoms with Gasteiger partial charge >= 0.3 is 0 Å². The number of rotatable bonds is 1. The zero-order chi connectivity index (χ0) is 13.0. The third-order valence-corrected chi connectivity index (χ3v) is 4.16. The highest BCUT2D eigenvalue weighted by molar-refractivity contribution is 7.13. The third-order valence-electron chi connectivity index (χ3n) is 3.26. The van der Waals surface area contributed by atoms with E-state index in [9.17, 15) is 9.59 Å². The Morgan fingerprint density at radius 3 is 2.53 bits per heavy atom. The van der Waals surface area contributed by atoms with E-state index in [4.69, 9.17) is 0 Å². The van der Waals surface area contributed by atoms with Gasteiger partial charge in [-0.15, -0.1) is 11.3 Å². The Balaban J connectivity index is 1.97. The number of amides is 2. The molecule has 0 spiro atoms. The lowest BCUT2D eigenvalue weighted by Gasteiger charge is -1.94. The Morgan fingerprint density at radius 2 is 1.79 bits per heavy atom. The highest BCUT2D eigenvalue weighted by Gasteiger charge is 2.27. The number of hydrogen-bond donors (Lipinski definition) is 2. The third kappa shape index (κ3) is 1.45. The normalized spacial score (nSPS) is 13.9. The topological polar surface area (TPSA) is 62.0 Å². The maximum absolute atomic E-state index is 11.6. The van der Waals surface area contributed by atoms with Crippen LogP contribution in [0.1, 0.15) is 20.7 Å². The molecule has 1 aliphatic rings. The highest BCUT2D eigenvalue weighted by Crippen LogP contribution is 2.30. The van der Waals surface area contributed by atoms with Crippen LogP contribution in [0.15, 0.2) is 35.7 Å². The zero-order valence-electron chi connectivity index (χ0n) is 9.69. The van der Waals surface area contributed by atoms with E-state index in [1.54, 1.807) is 23.5 Å². The van der Waals surface area contributed by atoms with Crippen molar-refractivity contribution in [1.82, 2.24) is 10.3 Å². The number of carbonyl (C=O) groups is 2. The summed E-state index contributed by atoms with van der Waals surface area (Å²) in [7, 11) is 0. The van der Waals surface area contributed by atoms with Gasteiger partial charge in [-0.05, 0) is 29.6 Å². The molecule has 4 nitrogen and oxygen atoms in total. The summed E-state index contributed by atoms with van der Waals surface area (Å²) >= 11 is 1.64. The summed E-state index contributed by atoms with van der Waals surface area (Å²) in [6.45, 7) is 0. The number of carbonyl (C=O) groups excluding carboxylic acids is 2. The molecule has 0 saturated heterocycles. The van der Waals surface area contributed by atoms with E-state index in [2.05, 4.69) is 10.3 Å². The summed E-state index contributed by atoms with van der Waals surface area (Å²) in [5.41, 5.74) is 2.76. The molecule has 0 atom stereocenters. The minimum atomic E-state index is -0.325. The Labute approximate surface area is 112 Å². The van der Waals surface area contributed by atoms with Crippen molar-refractivity contribution in [2.75, 3.05) is 0 Å². The van der Waals surface area contributed by atoms with Crippen molar-refractivity contribution >= 4 is 34.1 Å². The second kappa shape index (κ2) is 3.55. The molecular formula is C14H8N2O2S. The van der Waals surface area contributed by atoms with Gasteiger partial charge in [-0.3, -0.25) is 14.9 Å². The number of aromatic nitrogens is 1. The minimum Gasteiger partial charge on any atom is -0.354 e. The van der Waals surface area contributed by atoms with Gasteiger partial charge in [-0.1, -0.05) is 6.07 Å². The Morgan fingerprint density at radius 1 is 1.00 bits per heavy atom. The molecule has 5 heteroatoms. The molecule has 0 aliphatic carbocycles. The predicted molar refractivity (Wildman–Crippen MR) is 73.4 cm³/mol. The molecule has 2 amide bonds. The van der Waals surface area contributed by atoms with Gasteiger partial charge in [-0.25, -0.2) is 0 Å². The molecule has 92 valence electrons. The zero-order valence-corrected chi connectivity index (χ0v) is 10.5. The van der Waals surface area contributed by atoms with Crippen LogP contribution in [0.5, 0.6) is 0 Å². The van der Waals surface area contributed by atoms with E-state index in [-0.39, 0.29) is 11.8 Å². The van der Waals surface area contributed by atoms with Crippen LogP contribution in [0.4, 0.5) is 0 Å². The van der Waals surface area contributed by atoms with Crippen molar-refractivity contribution in [2.45, 2.75) is 0 Å². The highest BCUT2D eigenvalue weighted by atomic mass is 32.1. The lowest BCUT2D eigenvalue weighted by Crippen LogP contribution is -2.19. The maximum Gasteiger partial charge on any atom is 0.259 e. The molecule has 4 rings (SSSR count). The monoisotopic (exact) mass is 268 g/mol. The molecule has 1 aliphatic heterocycles. The van der Waals surface area contributed by atoms with Gasteiger partial charge in [0.1, 0.15) is 0 Å². The fourth-order valence-corrected chi connectivity index (χ4v) is 3.06. The molecule has 2 aromatic heterocycles. The molecule has 19 heavy (non-hydrogen) atoms. The van der Waals surface area contributed by atoms with Crippen LogP contribution < -0.4 is 5.32 Å². The number of aromatic amines is 1. The molecular weight excluding hydrogens is 260 g/mol. The van der Waals surface area contributed by atoms with Gasteiger partial charge in [0, 0.05) is 10.9 Å². The number of hydrogen-bond acceptors (Lipinski definition) is 3. The van der Waals surface area contributed by atoms with Crippen molar-refractivity contribution in [2.24, 2.45) is 0 Å². The second-order valence-corrected chi connectivity index (χ2v) is 5.38. The first-order chi connectivity index (χ1) is 9.22. The van der Waals surface area contributed by atoms with Gasteiger partial charge in [-0.2, -0.15) is 0 Å². The average molecular weight is 268 g/mol. The summed E-state index contributed by atoms with van der Waals surface area (Å²) in [6.07, 6.45) is 0. The molecule has 1 aromatic carbocycles. The number of benzene rings is 1. The number of thiophene rings is 1.